The molecule has 1 amide bonds. The van der Waals surface area contributed by atoms with Crippen LogP contribution in [0.2, 0.25) is 0 Å². The first-order valence-corrected chi connectivity index (χ1v) is 10.1. The molecule has 2 aromatic rings. The molecule has 1 N–H and O–H groups in total. The van der Waals surface area contributed by atoms with Crippen LogP contribution in [0.1, 0.15) is 31.0 Å². The van der Waals surface area contributed by atoms with Crippen molar-refractivity contribution in [2.45, 2.75) is 32.9 Å². The molecule has 0 spiro atoms. The van der Waals surface area contributed by atoms with Crippen molar-refractivity contribution in [3.63, 3.8) is 0 Å². The molecular weight excluding hydrogens is 355 g/mol. The van der Waals surface area contributed by atoms with Gasteiger partial charge < -0.3 is 5.32 Å². The van der Waals surface area contributed by atoms with Gasteiger partial charge in [-0.2, -0.15) is 0 Å². The molecular formula is C19H23FN2O3S. The van der Waals surface area contributed by atoms with Crippen LogP contribution in [0.3, 0.4) is 0 Å². The first-order chi connectivity index (χ1) is 12.1. The molecule has 7 heteroatoms. The second-order valence-corrected chi connectivity index (χ2v) is 8.22. The summed E-state index contributed by atoms with van der Waals surface area (Å²) in [6.45, 7) is 5.15. The molecule has 2 atom stereocenters. The number of rotatable bonds is 6. The lowest BCUT2D eigenvalue weighted by Crippen LogP contribution is -2.48. The molecule has 0 aliphatic carbocycles. The quantitative estimate of drug-likeness (QED) is 0.840. The molecule has 2 rings (SSSR count). The van der Waals surface area contributed by atoms with E-state index >= 15 is 0 Å². The monoisotopic (exact) mass is 378 g/mol. The predicted molar refractivity (Wildman–Crippen MR) is 101 cm³/mol. The largest absolute Gasteiger partial charge is 0.348 e. The number of benzene rings is 2. The smallest absolute Gasteiger partial charge is 0.244 e. The average Bonchev–Trinajstić information content (AvgIpc) is 2.54. The third-order valence-electron chi connectivity index (χ3n) is 4.07. The van der Waals surface area contributed by atoms with E-state index in [0.717, 1.165) is 21.7 Å². The summed E-state index contributed by atoms with van der Waals surface area (Å²) in [7, 11) is -3.66. The van der Waals surface area contributed by atoms with E-state index in [0.29, 0.717) is 5.69 Å². The average molecular weight is 378 g/mol. The summed E-state index contributed by atoms with van der Waals surface area (Å²) in [5.41, 5.74) is 2.06. The minimum atomic E-state index is -3.66. The van der Waals surface area contributed by atoms with E-state index in [9.17, 15) is 17.6 Å². The molecule has 5 nitrogen and oxygen atoms in total. The van der Waals surface area contributed by atoms with Gasteiger partial charge in [-0.25, -0.2) is 12.8 Å². The number of carbonyl (C=O) groups is 1. The Morgan fingerprint density at radius 1 is 1.12 bits per heavy atom. The number of hydrogen-bond acceptors (Lipinski definition) is 3. The zero-order valence-corrected chi connectivity index (χ0v) is 16.0. The molecule has 0 aromatic heterocycles. The van der Waals surface area contributed by atoms with Crippen molar-refractivity contribution in [2.24, 2.45) is 0 Å². The van der Waals surface area contributed by atoms with Crippen LogP contribution in [0, 0.1) is 12.7 Å². The molecule has 26 heavy (non-hydrogen) atoms. The van der Waals surface area contributed by atoms with Gasteiger partial charge in [-0.15, -0.1) is 0 Å². The Kier molecular flexibility index (Phi) is 6.02. The zero-order chi connectivity index (χ0) is 19.5. The van der Waals surface area contributed by atoms with Crippen molar-refractivity contribution < 1.29 is 17.6 Å². The predicted octanol–water partition coefficient (Wildman–Crippen LogP) is 3.17. The maximum absolute atomic E-state index is 13.0. The molecule has 0 heterocycles. The van der Waals surface area contributed by atoms with Crippen molar-refractivity contribution in [1.29, 1.82) is 0 Å². The van der Waals surface area contributed by atoms with Crippen molar-refractivity contribution in [3.05, 3.63) is 65.5 Å². The lowest BCUT2D eigenvalue weighted by atomic mass is 10.1. The fourth-order valence-electron chi connectivity index (χ4n) is 2.74. The van der Waals surface area contributed by atoms with Crippen LogP contribution in [0.25, 0.3) is 0 Å². The molecule has 0 aliphatic rings. The Labute approximate surface area is 153 Å². The third-order valence-corrected chi connectivity index (χ3v) is 5.32. The first-order valence-electron chi connectivity index (χ1n) is 8.21. The number of aryl methyl sites for hydroxylation is 1. The van der Waals surface area contributed by atoms with E-state index < -0.39 is 22.0 Å². The van der Waals surface area contributed by atoms with E-state index in [-0.39, 0.29) is 11.9 Å². The van der Waals surface area contributed by atoms with Gasteiger partial charge in [-0.3, -0.25) is 9.10 Å². The number of anilines is 1. The van der Waals surface area contributed by atoms with E-state index in [2.05, 4.69) is 5.32 Å². The fourth-order valence-corrected chi connectivity index (χ4v) is 3.91. The fraction of sp³-hybridized carbons (Fsp3) is 0.316. The normalized spacial score (nSPS) is 13.7. The number of carbonyl (C=O) groups excluding carboxylic acids is 1. The van der Waals surface area contributed by atoms with Gasteiger partial charge in [0, 0.05) is 0 Å². The van der Waals surface area contributed by atoms with Gasteiger partial charge in [-0.1, -0.05) is 24.3 Å². The molecule has 0 saturated heterocycles. The number of hydrogen-bond donors (Lipinski definition) is 1. The standard InChI is InChI=1S/C19H23FN2O3S/c1-13-6-5-7-18(12-13)22(26(4,24)25)15(3)19(23)21-14(2)16-8-10-17(20)11-9-16/h5-12,14-15H,1-4H3,(H,21,23)/t14-,15-/m0/s1. The Bertz CT molecular complexity index is 882. The van der Waals surface area contributed by atoms with Gasteiger partial charge in [0.1, 0.15) is 11.9 Å². The molecule has 2 aromatic carbocycles. The van der Waals surface area contributed by atoms with Crippen LogP contribution >= 0.6 is 0 Å². The van der Waals surface area contributed by atoms with Crippen molar-refractivity contribution in [2.75, 3.05) is 10.6 Å². The highest BCUT2D eigenvalue weighted by molar-refractivity contribution is 7.92. The minimum Gasteiger partial charge on any atom is -0.348 e. The maximum Gasteiger partial charge on any atom is 0.244 e. The van der Waals surface area contributed by atoms with Gasteiger partial charge in [0.25, 0.3) is 0 Å². The lowest BCUT2D eigenvalue weighted by molar-refractivity contribution is -0.122. The number of amides is 1. The van der Waals surface area contributed by atoms with Crippen molar-refractivity contribution in [1.82, 2.24) is 5.32 Å². The number of nitrogens with one attached hydrogen (secondary N) is 1. The van der Waals surface area contributed by atoms with Crippen molar-refractivity contribution >= 4 is 21.6 Å². The summed E-state index contributed by atoms with van der Waals surface area (Å²) in [4.78, 5) is 12.6. The molecule has 140 valence electrons. The van der Waals surface area contributed by atoms with E-state index in [1.54, 1.807) is 37.3 Å². The Morgan fingerprint density at radius 2 is 1.73 bits per heavy atom. The van der Waals surface area contributed by atoms with Gasteiger partial charge in [0.2, 0.25) is 15.9 Å². The van der Waals surface area contributed by atoms with E-state index in [1.807, 2.05) is 13.0 Å². The molecule has 0 aliphatic heterocycles. The highest BCUT2D eigenvalue weighted by atomic mass is 32.2. The summed E-state index contributed by atoms with van der Waals surface area (Å²) >= 11 is 0. The van der Waals surface area contributed by atoms with E-state index in [1.165, 1.54) is 19.1 Å². The van der Waals surface area contributed by atoms with Crippen LogP contribution in [0.4, 0.5) is 10.1 Å². The topological polar surface area (TPSA) is 66.5 Å². The molecule has 0 saturated carbocycles. The summed E-state index contributed by atoms with van der Waals surface area (Å²) < 4.78 is 38.7. The second-order valence-electron chi connectivity index (χ2n) is 6.36. The van der Waals surface area contributed by atoms with Crippen LogP contribution in [0.5, 0.6) is 0 Å². The van der Waals surface area contributed by atoms with Gasteiger partial charge in [-0.05, 0) is 56.2 Å². The highest BCUT2D eigenvalue weighted by Gasteiger charge is 2.29. The Hall–Kier alpha value is -2.41. The highest BCUT2D eigenvalue weighted by Crippen LogP contribution is 2.22. The number of halogens is 1. The minimum absolute atomic E-state index is 0.358. The summed E-state index contributed by atoms with van der Waals surface area (Å²) in [6, 6.07) is 11.4. The molecule has 0 bridgehead atoms. The Balaban J connectivity index is 2.23. The maximum atomic E-state index is 13.0. The van der Waals surface area contributed by atoms with Crippen LogP contribution in [-0.4, -0.2) is 26.6 Å². The zero-order valence-electron chi connectivity index (χ0n) is 15.2. The van der Waals surface area contributed by atoms with Crippen LogP contribution in [0.15, 0.2) is 48.5 Å². The van der Waals surface area contributed by atoms with Gasteiger partial charge in [0.15, 0.2) is 0 Å². The van der Waals surface area contributed by atoms with Crippen molar-refractivity contribution in [3.8, 4) is 0 Å². The van der Waals surface area contributed by atoms with Crippen LogP contribution < -0.4 is 9.62 Å². The first kappa shape index (κ1) is 19.9. The van der Waals surface area contributed by atoms with Crippen LogP contribution in [-0.2, 0) is 14.8 Å². The van der Waals surface area contributed by atoms with E-state index in [4.69, 9.17) is 0 Å². The Morgan fingerprint density at radius 3 is 2.27 bits per heavy atom. The summed E-state index contributed by atoms with van der Waals surface area (Å²) in [5.74, 6) is -0.794. The SMILES string of the molecule is Cc1cccc(N([C@@H](C)C(=O)N[C@@H](C)c2ccc(F)cc2)S(C)(=O)=O)c1. The lowest BCUT2D eigenvalue weighted by Gasteiger charge is -2.29. The molecule has 0 fully saturated rings. The number of nitrogens with zero attached hydrogens (tertiary/aromatic N) is 1. The summed E-state index contributed by atoms with van der Waals surface area (Å²) in [5, 5.41) is 2.78. The second kappa shape index (κ2) is 7.86. The van der Waals surface area contributed by atoms with Gasteiger partial charge >= 0.3 is 0 Å². The molecule has 0 unspecified atom stereocenters. The number of sulfonamides is 1. The van der Waals surface area contributed by atoms with Gasteiger partial charge in [0.05, 0.1) is 18.0 Å². The summed E-state index contributed by atoms with van der Waals surface area (Å²) in [6.07, 6.45) is 1.07. The third kappa shape index (κ3) is 4.82. The molecule has 0 radical (unpaired) electrons.